The van der Waals surface area contributed by atoms with Crippen molar-refractivity contribution in [2.75, 3.05) is 47.5 Å². The quantitative estimate of drug-likeness (QED) is 0.0195. The number of carbonyl (C=O) groups is 2. The maximum Gasteiger partial charge on any atom is 0.306 e. The third kappa shape index (κ3) is 86.8. The molecule has 0 saturated heterocycles. The number of allylic oxidation sites excluding steroid dienone is 24. The van der Waals surface area contributed by atoms with Crippen LogP contribution in [0.3, 0.4) is 0 Å². The number of hydrogen-bond donors (Lipinski definition) is 0. The normalized spacial score (nSPS) is 13.7. The number of hydrogen-bond acceptors (Lipinski definition) is 8. The van der Waals surface area contributed by atoms with E-state index in [1.54, 1.807) is 0 Å². The molecule has 0 amide bonds. The molecule has 0 aliphatic rings. The van der Waals surface area contributed by atoms with Crippen LogP contribution in [0.25, 0.3) is 0 Å². The summed E-state index contributed by atoms with van der Waals surface area (Å²) in [5.74, 6) is -0.850. The molecule has 0 spiro atoms. The first-order chi connectivity index (χ1) is 51.0. The summed E-state index contributed by atoms with van der Waals surface area (Å²) in [6.45, 7) is 4.13. The van der Waals surface area contributed by atoms with E-state index in [4.69, 9.17) is 18.5 Å². The van der Waals surface area contributed by atoms with Crippen molar-refractivity contribution in [3.63, 3.8) is 0 Å². The molecule has 0 fully saturated rings. The molecule has 0 saturated carbocycles. The predicted molar refractivity (Wildman–Crippen MR) is 452 cm³/mol. The minimum atomic E-state index is -4.66. The monoisotopic (exact) mass is 1470 g/mol. The number of rotatable bonds is 80. The zero-order valence-electron chi connectivity index (χ0n) is 68.4. The second-order valence-corrected chi connectivity index (χ2v) is 31.6. The number of ether oxygens (including phenoxy) is 2. The third-order valence-electron chi connectivity index (χ3n) is 18.8. The number of unbranched alkanes of at least 4 members (excludes halogenated alkanes) is 42. The standard InChI is InChI=1S/C94H164NO8P/c1-6-8-10-12-14-16-18-20-22-24-26-28-30-32-34-36-38-40-42-44-46-47-49-50-52-54-56-58-60-62-64-66-68-70-72-74-76-78-80-82-84-86-93(96)100-90-92(91-102-104(98,99)101-89-88-95(3,4)5)103-94(97)87-85-83-81-79-77-75-73-71-69-67-65-63-61-59-57-55-53-51-48-45-43-41-39-37-35-33-31-29-27-25-23-21-19-17-15-13-11-9-7-2/h9,11,15,17,21,23-24,26-27,29,33,35,39,41,45,48,53,55,59,61,65,67,71,73,92H,6-8,10,12-14,16,18-20,22,25,28,30-32,34,36-38,40,42-44,46-47,49-52,54,56-58,60,62-64,66,68-70,72,74-91H2,1-5H3/b11-9-,17-15-,23-21-,26-24-,29-27-,35-33-,41-39-,48-45-,55-53-,61-59-,67-65-,73-71-. The summed E-state index contributed by atoms with van der Waals surface area (Å²) in [6.07, 6.45) is 123. The Morgan fingerprint density at radius 1 is 0.308 bits per heavy atom. The van der Waals surface area contributed by atoms with Crippen LogP contribution in [0, 0.1) is 0 Å². The van der Waals surface area contributed by atoms with Crippen molar-refractivity contribution in [2.45, 2.75) is 392 Å². The van der Waals surface area contributed by atoms with E-state index in [0.29, 0.717) is 17.4 Å². The van der Waals surface area contributed by atoms with Gasteiger partial charge in [0.1, 0.15) is 19.8 Å². The maximum atomic E-state index is 12.9. The fourth-order valence-electron chi connectivity index (χ4n) is 12.3. The fraction of sp³-hybridized carbons (Fsp3) is 0.723. The van der Waals surface area contributed by atoms with Crippen LogP contribution < -0.4 is 4.89 Å². The Labute approximate surface area is 643 Å². The van der Waals surface area contributed by atoms with Gasteiger partial charge in [-0.05, 0) is 122 Å². The lowest BCUT2D eigenvalue weighted by atomic mass is 10.0. The van der Waals surface area contributed by atoms with Gasteiger partial charge in [0.05, 0.1) is 27.7 Å². The van der Waals surface area contributed by atoms with E-state index in [1.165, 1.54) is 231 Å². The van der Waals surface area contributed by atoms with E-state index >= 15 is 0 Å². The van der Waals surface area contributed by atoms with Crippen molar-refractivity contribution >= 4 is 19.8 Å². The van der Waals surface area contributed by atoms with Crippen LogP contribution in [0.1, 0.15) is 386 Å². The van der Waals surface area contributed by atoms with Gasteiger partial charge in [-0.15, -0.1) is 0 Å². The SMILES string of the molecule is CC/C=C\C/C=C\C/C=C\C/C=C\C/C=C\C/C=C\C/C=C\C/C=C\C/C=C\C/C=C\C/C=C\CCCCCCCC(=O)OC(COC(=O)CCCCCCCCCCCCCCCCCCCCCCCCCCCCCCC/C=C\CCCCCCCCCC)COP(=O)([O-])OCC[N+](C)(C)C. The van der Waals surface area contributed by atoms with E-state index in [1.807, 2.05) is 21.1 Å². The van der Waals surface area contributed by atoms with Crippen LogP contribution in [0.4, 0.5) is 0 Å². The number of nitrogens with zero attached hydrogens (tertiary/aromatic N) is 1. The molecule has 0 aliphatic carbocycles. The summed E-state index contributed by atoms with van der Waals surface area (Å²) >= 11 is 0. The minimum Gasteiger partial charge on any atom is -0.756 e. The van der Waals surface area contributed by atoms with Crippen molar-refractivity contribution in [3.05, 3.63) is 146 Å². The molecule has 0 aromatic carbocycles. The molecule has 10 heteroatoms. The first-order valence-electron chi connectivity index (χ1n) is 43.5. The fourth-order valence-corrected chi connectivity index (χ4v) is 13.0. The van der Waals surface area contributed by atoms with Crippen molar-refractivity contribution in [2.24, 2.45) is 0 Å². The number of carbonyl (C=O) groups excluding carboxylic acids is 2. The zero-order chi connectivity index (χ0) is 75.4. The number of phosphoric ester groups is 1. The Kier molecular flexibility index (Phi) is 79.7. The Morgan fingerprint density at radius 2 is 0.548 bits per heavy atom. The smallest absolute Gasteiger partial charge is 0.306 e. The van der Waals surface area contributed by atoms with Crippen LogP contribution in [0.2, 0.25) is 0 Å². The molecule has 0 aromatic rings. The van der Waals surface area contributed by atoms with Gasteiger partial charge in [0.25, 0.3) is 7.82 Å². The highest BCUT2D eigenvalue weighted by Crippen LogP contribution is 2.38. The van der Waals surface area contributed by atoms with Crippen LogP contribution in [0.15, 0.2) is 146 Å². The molecule has 0 bridgehead atoms. The Morgan fingerprint density at radius 3 is 0.827 bits per heavy atom. The van der Waals surface area contributed by atoms with Crippen LogP contribution in [-0.2, 0) is 32.7 Å². The summed E-state index contributed by atoms with van der Waals surface area (Å²) < 4.78 is 34.4. The summed E-state index contributed by atoms with van der Waals surface area (Å²) in [4.78, 5) is 38.2. The lowest BCUT2D eigenvalue weighted by molar-refractivity contribution is -0.870. The minimum absolute atomic E-state index is 0.0403. The molecule has 0 radical (unpaired) electrons. The van der Waals surface area contributed by atoms with E-state index in [0.717, 1.165) is 122 Å². The van der Waals surface area contributed by atoms with Crippen molar-refractivity contribution in [3.8, 4) is 0 Å². The van der Waals surface area contributed by atoms with Gasteiger partial charge in [-0.2, -0.15) is 0 Å². The lowest BCUT2D eigenvalue weighted by Gasteiger charge is -2.28. The van der Waals surface area contributed by atoms with Gasteiger partial charge < -0.3 is 27.9 Å². The van der Waals surface area contributed by atoms with Gasteiger partial charge in [-0.1, -0.05) is 397 Å². The molecule has 0 aliphatic heterocycles. The van der Waals surface area contributed by atoms with E-state index in [2.05, 4.69) is 160 Å². The van der Waals surface area contributed by atoms with Crippen molar-refractivity contribution in [1.29, 1.82) is 0 Å². The number of phosphoric acid groups is 1. The Balaban J connectivity index is 3.99. The highest BCUT2D eigenvalue weighted by atomic mass is 31.2. The molecule has 0 N–H and O–H groups in total. The first-order valence-corrected chi connectivity index (χ1v) is 45.0. The molecule has 0 rings (SSSR count). The molecule has 9 nitrogen and oxygen atoms in total. The molecule has 598 valence electrons. The number of quaternary nitrogens is 1. The molecule has 2 atom stereocenters. The molecule has 0 heterocycles. The highest BCUT2D eigenvalue weighted by Gasteiger charge is 2.22. The molecule has 104 heavy (non-hydrogen) atoms. The average Bonchev–Trinajstić information content (AvgIpc) is 0.915. The van der Waals surface area contributed by atoms with E-state index in [-0.39, 0.29) is 32.0 Å². The van der Waals surface area contributed by atoms with Gasteiger partial charge >= 0.3 is 11.9 Å². The van der Waals surface area contributed by atoms with Gasteiger partial charge in [0, 0.05) is 12.8 Å². The summed E-state index contributed by atoms with van der Waals surface area (Å²) in [5.41, 5.74) is 0. The van der Waals surface area contributed by atoms with Gasteiger partial charge in [0.15, 0.2) is 6.10 Å². The van der Waals surface area contributed by atoms with Crippen LogP contribution >= 0.6 is 7.82 Å². The third-order valence-corrected chi connectivity index (χ3v) is 19.8. The van der Waals surface area contributed by atoms with Crippen LogP contribution in [0.5, 0.6) is 0 Å². The number of esters is 2. The number of likely N-dealkylation sites (N-methyl/N-ethyl adjacent to an activating group) is 1. The molecule has 2 unspecified atom stereocenters. The summed E-state index contributed by atoms with van der Waals surface area (Å²) in [7, 11) is 1.15. The van der Waals surface area contributed by atoms with Gasteiger partial charge in [-0.25, -0.2) is 0 Å². The second-order valence-electron chi connectivity index (χ2n) is 30.2. The lowest BCUT2D eigenvalue weighted by Crippen LogP contribution is -2.37. The largest absolute Gasteiger partial charge is 0.756 e. The van der Waals surface area contributed by atoms with Crippen LogP contribution in [-0.4, -0.2) is 70.0 Å². The summed E-state index contributed by atoms with van der Waals surface area (Å²) in [5, 5.41) is 0. The molecular formula is C94H164NO8P. The second kappa shape index (κ2) is 82.9. The van der Waals surface area contributed by atoms with E-state index < -0.39 is 26.5 Å². The molecule has 0 aromatic heterocycles. The highest BCUT2D eigenvalue weighted by molar-refractivity contribution is 7.45. The molecular weight excluding hydrogens is 1300 g/mol. The van der Waals surface area contributed by atoms with E-state index in [9.17, 15) is 19.0 Å². The van der Waals surface area contributed by atoms with Crippen molar-refractivity contribution < 1.29 is 42.1 Å². The predicted octanol–water partition coefficient (Wildman–Crippen LogP) is 29.0. The topological polar surface area (TPSA) is 111 Å². The maximum absolute atomic E-state index is 12.9. The zero-order valence-corrected chi connectivity index (χ0v) is 69.3. The van der Waals surface area contributed by atoms with Crippen molar-refractivity contribution in [1.82, 2.24) is 0 Å². The van der Waals surface area contributed by atoms with Gasteiger partial charge in [-0.3, -0.25) is 14.2 Å². The summed E-state index contributed by atoms with van der Waals surface area (Å²) in [6, 6.07) is 0. The average molecular weight is 1470 g/mol. The Hall–Kier alpha value is -4.11. The van der Waals surface area contributed by atoms with Gasteiger partial charge in [0.2, 0.25) is 0 Å². The first kappa shape index (κ1) is 99.9. The Bertz CT molecular complexity index is 2280.